The quantitative estimate of drug-likeness (QED) is 0.619. The lowest BCUT2D eigenvalue weighted by Gasteiger charge is -2.28. The Labute approximate surface area is 194 Å². The lowest BCUT2D eigenvalue weighted by Crippen LogP contribution is -2.29. The van der Waals surface area contributed by atoms with E-state index in [0.29, 0.717) is 18.8 Å². The van der Waals surface area contributed by atoms with Gasteiger partial charge in [-0.05, 0) is 62.4 Å². The molecule has 0 unspecified atom stereocenters. The lowest BCUT2D eigenvalue weighted by molar-refractivity contribution is -0.119. The van der Waals surface area contributed by atoms with Crippen molar-refractivity contribution >= 4 is 33.3 Å². The number of esters is 1. The van der Waals surface area contributed by atoms with Crippen LogP contribution in [0.2, 0.25) is 0 Å². The molecule has 0 radical (unpaired) electrons. The number of rotatable bonds is 7. The van der Waals surface area contributed by atoms with Crippen molar-refractivity contribution in [1.29, 1.82) is 0 Å². The molecule has 4 rings (SSSR count). The van der Waals surface area contributed by atoms with E-state index in [1.165, 1.54) is 40.4 Å². The van der Waals surface area contributed by atoms with Crippen molar-refractivity contribution < 1.29 is 22.7 Å². The van der Waals surface area contributed by atoms with Gasteiger partial charge in [0, 0.05) is 50.8 Å². The fraction of sp³-hybridized carbons (Fsp3) is 0.478. The summed E-state index contributed by atoms with van der Waals surface area (Å²) in [6.45, 7) is 2.59. The standard InChI is InChI=1S/C23H30N4O5S/c1-25-16-20(33(30,31)27-13-5-6-14-27)15-21(25)23(29)32-17-22(28)24-18-7-9-19(10-8-18)26-11-3-2-4-12-26/h7-10,15-16H,2-6,11-14,17H2,1H3,(H,24,28). The van der Waals surface area contributed by atoms with Gasteiger partial charge in [0.1, 0.15) is 10.6 Å². The van der Waals surface area contributed by atoms with Crippen molar-refractivity contribution in [2.75, 3.05) is 43.0 Å². The van der Waals surface area contributed by atoms with E-state index < -0.39 is 28.5 Å². The van der Waals surface area contributed by atoms with Crippen LogP contribution in [0, 0.1) is 0 Å². The molecule has 2 aliphatic heterocycles. The summed E-state index contributed by atoms with van der Waals surface area (Å²) in [7, 11) is -2.06. The molecule has 1 amide bonds. The molecule has 3 heterocycles. The van der Waals surface area contributed by atoms with Gasteiger partial charge in [-0.25, -0.2) is 13.2 Å². The summed E-state index contributed by atoms with van der Waals surface area (Å²) in [5.74, 6) is -1.22. The number of nitrogens with zero attached hydrogens (tertiary/aromatic N) is 3. The monoisotopic (exact) mass is 474 g/mol. The maximum Gasteiger partial charge on any atom is 0.355 e. The average molecular weight is 475 g/mol. The molecule has 10 heteroatoms. The number of hydrogen-bond acceptors (Lipinski definition) is 6. The molecule has 2 fully saturated rings. The molecular weight excluding hydrogens is 444 g/mol. The molecule has 2 aromatic rings. The Morgan fingerprint density at radius 1 is 0.970 bits per heavy atom. The van der Waals surface area contributed by atoms with Crippen molar-refractivity contribution in [2.45, 2.75) is 37.0 Å². The van der Waals surface area contributed by atoms with E-state index in [0.717, 1.165) is 31.6 Å². The predicted molar refractivity (Wildman–Crippen MR) is 125 cm³/mol. The van der Waals surface area contributed by atoms with Crippen LogP contribution in [0.1, 0.15) is 42.6 Å². The third-order valence-corrected chi connectivity index (χ3v) is 7.96. The number of benzene rings is 1. The number of aromatic nitrogens is 1. The molecule has 9 nitrogen and oxygen atoms in total. The van der Waals surface area contributed by atoms with E-state index in [2.05, 4.69) is 10.2 Å². The zero-order valence-electron chi connectivity index (χ0n) is 18.8. The minimum absolute atomic E-state index is 0.0529. The SMILES string of the molecule is Cn1cc(S(=O)(=O)N2CCCC2)cc1C(=O)OCC(=O)Nc1ccc(N2CCCCC2)cc1. The van der Waals surface area contributed by atoms with E-state index in [-0.39, 0.29) is 10.6 Å². The van der Waals surface area contributed by atoms with Crippen molar-refractivity contribution in [3.8, 4) is 0 Å². The number of piperidine rings is 1. The molecule has 0 saturated carbocycles. The minimum atomic E-state index is -3.64. The summed E-state index contributed by atoms with van der Waals surface area (Å²) in [6, 6.07) is 8.90. The summed E-state index contributed by atoms with van der Waals surface area (Å²) >= 11 is 0. The van der Waals surface area contributed by atoms with Gasteiger partial charge < -0.3 is 19.5 Å². The molecule has 1 aromatic carbocycles. The first-order chi connectivity index (χ1) is 15.8. The molecular formula is C23H30N4O5S. The predicted octanol–water partition coefficient (Wildman–Crippen LogP) is 2.60. The summed E-state index contributed by atoms with van der Waals surface area (Å²) in [6.07, 6.45) is 6.71. The van der Waals surface area contributed by atoms with Gasteiger partial charge in [0.05, 0.1) is 0 Å². The summed E-state index contributed by atoms with van der Waals surface area (Å²) < 4.78 is 33.4. The number of carbonyl (C=O) groups excluding carboxylic acids is 2. The smallest absolute Gasteiger partial charge is 0.355 e. The first-order valence-corrected chi connectivity index (χ1v) is 12.8. The fourth-order valence-electron chi connectivity index (χ4n) is 4.27. The topological polar surface area (TPSA) is 101 Å². The number of ether oxygens (including phenoxy) is 1. The first kappa shape index (κ1) is 23.3. The number of hydrogen-bond donors (Lipinski definition) is 1. The number of aryl methyl sites for hydroxylation is 1. The molecule has 2 aliphatic rings. The van der Waals surface area contributed by atoms with Crippen molar-refractivity contribution in [3.05, 3.63) is 42.2 Å². The molecule has 0 bridgehead atoms. The Bertz CT molecular complexity index is 1100. The molecule has 1 aromatic heterocycles. The van der Waals surface area contributed by atoms with Gasteiger partial charge in [-0.2, -0.15) is 4.31 Å². The van der Waals surface area contributed by atoms with Crippen LogP contribution >= 0.6 is 0 Å². The molecule has 1 N–H and O–H groups in total. The van der Waals surface area contributed by atoms with Crippen LogP contribution in [0.4, 0.5) is 11.4 Å². The molecule has 0 atom stereocenters. The second kappa shape index (κ2) is 9.96. The van der Waals surface area contributed by atoms with Crippen molar-refractivity contribution in [1.82, 2.24) is 8.87 Å². The number of nitrogens with one attached hydrogen (secondary N) is 1. The summed E-state index contributed by atoms with van der Waals surface area (Å²) in [5, 5.41) is 2.72. The van der Waals surface area contributed by atoms with Gasteiger partial charge in [0.15, 0.2) is 6.61 Å². The highest BCUT2D eigenvalue weighted by Gasteiger charge is 2.29. The van der Waals surface area contributed by atoms with Crippen LogP contribution in [-0.4, -0.2) is 62.0 Å². The number of amides is 1. The van der Waals surface area contributed by atoms with Gasteiger partial charge in [-0.15, -0.1) is 0 Å². The highest BCUT2D eigenvalue weighted by atomic mass is 32.2. The largest absolute Gasteiger partial charge is 0.451 e. The Balaban J connectivity index is 1.31. The van der Waals surface area contributed by atoms with Gasteiger partial charge in [0.25, 0.3) is 5.91 Å². The summed E-state index contributed by atoms with van der Waals surface area (Å²) in [4.78, 5) is 27.1. The Morgan fingerprint density at radius 3 is 2.27 bits per heavy atom. The molecule has 0 spiro atoms. The van der Waals surface area contributed by atoms with E-state index in [9.17, 15) is 18.0 Å². The zero-order chi connectivity index (χ0) is 23.4. The van der Waals surface area contributed by atoms with Crippen LogP contribution in [-0.2, 0) is 26.6 Å². The molecule has 178 valence electrons. The summed E-state index contributed by atoms with van der Waals surface area (Å²) in [5.41, 5.74) is 1.82. The van der Waals surface area contributed by atoms with Crippen LogP contribution in [0.3, 0.4) is 0 Å². The van der Waals surface area contributed by atoms with Crippen LogP contribution < -0.4 is 10.2 Å². The van der Waals surface area contributed by atoms with Gasteiger partial charge in [0.2, 0.25) is 10.0 Å². The third kappa shape index (κ3) is 5.39. The molecule has 0 aliphatic carbocycles. The van der Waals surface area contributed by atoms with Crippen LogP contribution in [0.25, 0.3) is 0 Å². The van der Waals surface area contributed by atoms with Crippen molar-refractivity contribution in [2.24, 2.45) is 7.05 Å². The second-order valence-electron chi connectivity index (χ2n) is 8.50. The van der Waals surface area contributed by atoms with Crippen LogP contribution in [0.15, 0.2) is 41.4 Å². The Morgan fingerprint density at radius 2 is 1.61 bits per heavy atom. The zero-order valence-corrected chi connectivity index (χ0v) is 19.6. The number of anilines is 2. The highest BCUT2D eigenvalue weighted by molar-refractivity contribution is 7.89. The number of sulfonamides is 1. The van der Waals surface area contributed by atoms with Gasteiger partial charge in [-0.3, -0.25) is 4.79 Å². The van der Waals surface area contributed by atoms with Gasteiger partial charge >= 0.3 is 5.97 Å². The minimum Gasteiger partial charge on any atom is -0.451 e. The van der Waals surface area contributed by atoms with Crippen LogP contribution in [0.5, 0.6) is 0 Å². The van der Waals surface area contributed by atoms with E-state index in [4.69, 9.17) is 4.74 Å². The average Bonchev–Trinajstić information content (AvgIpc) is 3.50. The second-order valence-corrected chi connectivity index (χ2v) is 10.4. The first-order valence-electron chi connectivity index (χ1n) is 11.3. The van der Waals surface area contributed by atoms with Crippen molar-refractivity contribution in [3.63, 3.8) is 0 Å². The molecule has 2 saturated heterocycles. The maximum absolute atomic E-state index is 12.7. The van der Waals surface area contributed by atoms with Gasteiger partial charge in [-0.1, -0.05) is 0 Å². The third-order valence-electron chi connectivity index (χ3n) is 6.10. The molecule has 33 heavy (non-hydrogen) atoms. The Kier molecular flexibility index (Phi) is 7.04. The highest BCUT2D eigenvalue weighted by Crippen LogP contribution is 2.23. The lowest BCUT2D eigenvalue weighted by atomic mass is 10.1. The fourth-order valence-corrected chi connectivity index (χ4v) is 5.85. The van der Waals surface area contributed by atoms with E-state index >= 15 is 0 Å². The number of carbonyl (C=O) groups is 2. The normalized spacial score (nSPS) is 17.2. The Hall–Kier alpha value is -2.85. The van der Waals surface area contributed by atoms with E-state index in [1.54, 1.807) is 7.05 Å². The maximum atomic E-state index is 12.7. The van der Waals surface area contributed by atoms with E-state index in [1.807, 2.05) is 24.3 Å².